The molecule has 1 heterocycles. The normalized spacial score (nSPS) is 16.3. The number of carbonyl (C=O) groups is 1. The van der Waals surface area contributed by atoms with Crippen LogP contribution < -0.4 is 15.8 Å². The molecule has 1 aliphatic heterocycles. The fourth-order valence-electron chi connectivity index (χ4n) is 1.46. The standard InChI is InChI=1S/C10H11BrN2O2/c1-5(12)6-2-9-8(3-7(6)11)13-10(14)4-15-9/h2-3,5H,4,12H2,1H3,(H,13,14)/t5-/m1/s1. The van der Waals surface area contributed by atoms with Gasteiger partial charge in [0.25, 0.3) is 5.91 Å². The molecule has 0 radical (unpaired) electrons. The van der Waals surface area contributed by atoms with E-state index < -0.39 is 0 Å². The van der Waals surface area contributed by atoms with Crippen LogP contribution in [0.15, 0.2) is 16.6 Å². The molecule has 1 amide bonds. The molecular weight excluding hydrogens is 260 g/mol. The number of fused-ring (bicyclic) bond motifs is 1. The molecule has 0 aromatic heterocycles. The second-order valence-electron chi connectivity index (χ2n) is 3.50. The molecule has 2 rings (SSSR count). The highest BCUT2D eigenvalue weighted by Gasteiger charge is 2.18. The molecule has 0 fully saturated rings. The van der Waals surface area contributed by atoms with E-state index in [9.17, 15) is 4.79 Å². The molecule has 80 valence electrons. The van der Waals surface area contributed by atoms with Crippen LogP contribution in [0, 0.1) is 0 Å². The number of anilines is 1. The Morgan fingerprint density at radius 2 is 2.33 bits per heavy atom. The van der Waals surface area contributed by atoms with Crippen LogP contribution in [-0.2, 0) is 4.79 Å². The summed E-state index contributed by atoms with van der Waals surface area (Å²) in [5.41, 5.74) is 7.45. The highest BCUT2D eigenvalue weighted by atomic mass is 79.9. The summed E-state index contributed by atoms with van der Waals surface area (Å²) >= 11 is 3.41. The predicted molar refractivity (Wildman–Crippen MR) is 60.9 cm³/mol. The predicted octanol–water partition coefficient (Wildman–Crippen LogP) is 1.80. The van der Waals surface area contributed by atoms with Gasteiger partial charge in [0, 0.05) is 10.5 Å². The van der Waals surface area contributed by atoms with Crippen LogP contribution in [-0.4, -0.2) is 12.5 Å². The lowest BCUT2D eigenvalue weighted by molar-refractivity contribution is -0.118. The molecule has 0 aliphatic carbocycles. The van der Waals surface area contributed by atoms with E-state index in [1.165, 1.54) is 0 Å². The van der Waals surface area contributed by atoms with Gasteiger partial charge in [0.2, 0.25) is 0 Å². The maximum absolute atomic E-state index is 11.1. The van der Waals surface area contributed by atoms with Crippen LogP contribution >= 0.6 is 15.9 Å². The lowest BCUT2D eigenvalue weighted by Crippen LogP contribution is -2.25. The Hall–Kier alpha value is -1.07. The van der Waals surface area contributed by atoms with E-state index in [4.69, 9.17) is 10.5 Å². The summed E-state index contributed by atoms with van der Waals surface area (Å²) in [7, 11) is 0. The molecule has 5 heteroatoms. The van der Waals surface area contributed by atoms with E-state index in [0.29, 0.717) is 11.4 Å². The van der Waals surface area contributed by atoms with Gasteiger partial charge in [-0.1, -0.05) is 15.9 Å². The first-order chi connectivity index (χ1) is 7.08. The molecule has 15 heavy (non-hydrogen) atoms. The van der Waals surface area contributed by atoms with Gasteiger partial charge in [0.1, 0.15) is 5.75 Å². The van der Waals surface area contributed by atoms with Crippen molar-refractivity contribution in [3.05, 3.63) is 22.2 Å². The first kappa shape index (κ1) is 10.4. The number of ether oxygens (including phenoxy) is 1. The van der Waals surface area contributed by atoms with Crippen molar-refractivity contribution in [2.24, 2.45) is 5.73 Å². The van der Waals surface area contributed by atoms with Crippen LogP contribution in [0.1, 0.15) is 18.5 Å². The Morgan fingerprint density at radius 3 is 3.00 bits per heavy atom. The van der Waals surface area contributed by atoms with Gasteiger partial charge in [0.05, 0.1) is 5.69 Å². The molecular formula is C10H11BrN2O2. The first-order valence-electron chi connectivity index (χ1n) is 4.59. The van der Waals surface area contributed by atoms with Gasteiger partial charge in [-0.25, -0.2) is 0 Å². The molecule has 1 aliphatic rings. The van der Waals surface area contributed by atoms with Crippen LogP contribution in [0.5, 0.6) is 5.75 Å². The van der Waals surface area contributed by atoms with Crippen molar-refractivity contribution < 1.29 is 9.53 Å². The number of benzene rings is 1. The monoisotopic (exact) mass is 270 g/mol. The Bertz CT molecular complexity index is 418. The SMILES string of the molecule is C[C@@H](N)c1cc2c(cc1Br)NC(=O)CO2. The summed E-state index contributed by atoms with van der Waals surface area (Å²) < 4.78 is 6.17. The van der Waals surface area contributed by atoms with E-state index in [2.05, 4.69) is 21.2 Å². The summed E-state index contributed by atoms with van der Waals surface area (Å²) in [5, 5.41) is 2.73. The van der Waals surface area contributed by atoms with E-state index in [1.54, 1.807) is 0 Å². The largest absolute Gasteiger partial charge is 0.482 e. The van der Waals surface area contributed by atoms with Gasteiger partial charge in [-0.05, 0) is 24.6 Å². The van der Waals surface area contributed by atoms with Crippen LogP contribution in [0.25, 0.3) is 0 Å². The number of halogens is 1. The van der Waals surface area contributed by atoms with Gasteiger partial charge in [-0.15, -0.1) is 0 Å². The van der Waals surface area contributed by atoms with E-state index >= 15 is 0 Å². The molecule has 0 bridgehead atoms. The number of hydrogen-bond acceptors (Lipinski definition) is 3. The number of nitrogens with one attached hydrogen (secondary N) is 1. The summed E-state index contributed by atoms with van der Waals surface area (Å²) in [6, 6.07) is 3.58. The average Bonchev–Trinajstić information content (AvgIpc) is 2.15. The number of hydrogen-bond donors (Lipinski definition) is 2. The molecule has 1 aromatic carbocycles. The average molecular weight is 271 g/mol. The van der Waals surface area contributed by atoms with E-state index in [0.717, 1.165) is 10.0 Å². The van der Waals surface area contributed by atoms with Crippen LogP contribution in [0.2, 0.25) is 0 Å². The number of nitrogens with two attached hydrogens (primary N) is 1. The first-order valence-corrected chi connectivity index (χ1v) is 5.39. The second kappa shape index (κ2) is 3.83. The summed E-state index contributed by atoms with van der Waals surface area (Å²) in [5.74, 6) is 0.535. The topological polar surface area (TPSA) is 64.3 Å². The van der Waals surface area contributed by atoms with Gasteiger partial charge in [-0.3, -0.25) is 4.79 Å². The zero-order valence-electron chi connectivity index (χ0n) is 8.21. The smallest absolute Gasteiger partial charge is 0.262 e. The molecule has 0 saturated carbocycles. The quantitative estimate of drug-likeness (QED) is 0.818. The number of amides is 1. The van der Waals surface area contributed by atoms with Crippen molar-refractivity contribution in [3.8, 4) is 5.75 Å². The van der Waals surface area contributed by atoms with Crippen molar-refractivity contribution >= 4 is 27.5 Å². The van der Waals surface area contributed by atoms with Gasteiger partial charge in [-0.2, -0.15) is 0 Å². The summed E-state index contributed by atoms with van der Waals surface area (Å²) in [6.07, 6.45) is 0. The minimum absolute atomic E-state index is 0.0625. The van der Waals surface area contributed by atoms with Crippen molar-refractivity contribution in [1.82, 2.24) is 0 Å². The molecule has 0 saturated heterocycles. The van der Waals surface area contributed by atoms with Crippen LogP contribution in [0.3, 0.4) is 0 Å². The lowest BCUT2D eigenvalue weighted by atomic mass is 10.1. The third-order valence-corrected chi connectivity index (χ3v) is 2.91. The van der Waals surface area contributed by atoms with Gasteiger partial charge >= 0.3 is 0 Å². The minimum atomic E-state index is -0.136. The molecule has 3 N–H and O–H groups in total. The number of rotatable bonds is 1. The number of carbonyl (C=O) groups excluding carboxylic acids is 1. The Balaban J connectivity index is 2.46. The fraction of sp³-hybridized carbons (Fsp3) is 0.300. The summed E-state index contributed by atoms with van der Waals surface area (Å²) in [4.78, 5) is 11.1. The molecule has 1 aromatic rings. The summed E-state index contributed by atoms with van der Waals surface area (Å²) in [6.45, 7) is 1.96. The third kappa shape index (κ3) is 1.98. The Labute approximate surface area is 95.9 Å². The maximum atomic E-state index is 11.1. The second-order valence-corrected chi connectivity index (χ2v) is 4.35. The molecule has 0 unspecified atom stereocenters. The van der Waals surface area contributed by atoms with Crippen molar-refractivity contribution in [2.45, 2.75) is 13.0 Å². The minimum Gasteiger partial charge on any atom is -0.482 e. The Morgan fingerprint density at radius 1 is 1.60 bits per heavy atom. The highest BCUT2D eigenvalue weighted by molar-refractivity contribution is 9.10. The Kier molecular flexibility index (Phi) is 2.67. The van der Waals surface area contributed by atoms with Crippen molar-refractivity contribution in [1.29, 1.82) is 0 Å². The van der Waals surface area contributed by atoms with Crippen molar-refractivity contribution in [2.75, 3.05) is 11.9 Å². The van der Waals surface area contributed by atoms with E-state index in [-0.39, 0.29) is 18.6 Å². The third-order valence-electron chi connectivity index (χ3n) is 2.22. The zero-order valence-corrected chi connectivity index (χ0v) is 9.80. The van der Waals surface area contributed by atoms with E-state index in [1.807, 2.05) is 19.1 Å². The maximum Gasteiger partial charge on any atom is 0.262 e. The van der Waals surface area contributed by atoms with Gasteiger partial charge in [0.15, 0.2) is 6.61 Å². The highest BCUT2D eigenvalue weighted by Crippen LogP contribution is 2.35. The lowest BCUT2D eigenvalue weighted by Gasteiger charge is -2.20. The van der Waals surface area contributed by atoms with Crippen molar-refractivity contribution in [3.63, 3.8) is 0 Å². The molecule has 1 atom stereocenters. The van der Waals surface area contributed by atoms with Gasteiger partial charge < -0.3 is 15.8 Å². The van der Waals surface area contributed by atoms with Crippen LogP contribution in [0.4, 0.5) is 5.69 Å². The molecule has 0 spiro atoms. The fourth-order valence-corrected chi connectivity index (χ4v) is 2.17. The zero-order chi connectivity index (χ0) is 11.0. The molecule has 4 nitrogen and oxygen atoms in total.